The molecular formula is C20H25N3O3. The third-order valence-corrected chi connectivity index (χ3v) is 4.68. The Morgan fingerprint density at radius 1 is 1.23 bits per heavy atom. The van der Waals surface area contributed by atoms with Crippen LogP contribution >= 0.6 is 0 Å². The van der Waals surface area contributed by atoms with E-state index in [0.717, 1.165) is 16.9 Å². The van der Waals surface area contributed by atoms with E-state index in [4.69, 9.17) is 4.74 Å². The fourth-order valence-electron chi connectivity index (χ4n) is 3.10. The Hall–Kier alpha value is -2.76. The molecular weight excluding hydrogens is 330 g/mol. The number of amides is 2. The van der Waals surface area contributed by atoms with E-state index in [9.17, 15) is 9.59 Å². The maximum absolute atomic E-state index is 12.8. The number of carbonyl (C=O) groups is 2. The van der Waals surface area contributed by atoms with Gasteiger partial charge in [0.05, 0.1) is 6.54 Å². The van der Waals surface area contributed by atoms with E-state index < -0.39 is 0 Å². The summed E-state index contributed by atoms with van der Waals surface area (Å²) in [5, 5.41) is 0. The van der Waals surface area contributed by atoms with Gasteiger partial charge in [0.1, 0.15) is 18.1 Å². The fourth-order valence-corrected chi connectivity index (χ4v) is 3.10. The van der Waals surface area contributed by atoms with E-state index in [1.165, 1.54) is 0 Å². The number of rotatable bonds is 4. The van der Waals surface area contributed by atoms with Crippen molar-refractivity contribution in [3.05, 3.63) is 53.3 Å². The summed E-state index contributed by atoms with van der Waals surface area (Å²) < 4.78 is 7.65. The summed E-state index contributed by atoms with van der Waals surface area (Å²) in [7, 11) is 5.40. The number of aromatic nitrogens is 1. The molecule has 1 aromatic carbocycles. The summed E-state index contributed by atoms with van der Waals surface area (Å²) in [4.78, 5) is 28.0. The van der Waals surface area contributed by atoms with Crippen molar-refractivity contribution in [2.75, 3.05) is 27.2 Å². The predicted octanol–water partition coefficient (Wildman–Crippen LogP) is 2.08. The molecule has 0 N–H and O–H groups in total. The third-order valence-electron chi connectivity index (χ3n) is 4.68. The monoisotopic (exact) mass is 355 g/mol. The van der Waals surface area contributed by atoms with E-state index in [1.54, 1.807) is 19.0 Å². The van der Waals surface area contributed by atoms with Gasteiger partial charge < -0.3 is 19.1 Å². The highest BCUT2D eigenvalue weighted by molar-refractivity contribution is 5.92. The zero-order chi connectivity index (χ0) is 18.7. The lowest BCUT2D eigenvalue weighted by atomic mass is 10.0. The quantitative estimate of drug-likeness (QED) is 0.844. The van der Waals surface area contributed by atoms with Gasteiger partial charge in [0.2, 0.25) is 5.91 Å². The number of benzene rings is 1. The van der Waals surface area contributed by atoms with Gasteiger partial charge >= 0.3 is 0 Å². The van der Waals surface area contributed by atoms with Crippen molar-refractivity contribution in [3.63, 3.8) is 0 Å². The van der Waals surface area contributed by atoms with Crippen LogP contribution in [0.1, 0.15) is 28.0 Å². The van der Waals surface area contributed by atoms with Crippen molar-refractivity contribution in [1.29, 1.82) is 0 Å². The highest BCUT2D eigenvalue weighted by Gasteiger charge is 2.22. The third kappa shape index (κ3) is 3.90. The molecule has 138 valence electrons. The van der Waals surface area contributed by atoms with Crippen molar-refractivity contribution < 1.29 is 14.3 Å². The largest absolute Gasteiger partial charge is 0.491 e. The van der Waals surface area contributed by atoms with Gasteiger partial charge in [0.25, 0.3) is 5.91 Å². The van der Waals surface area contributed by atoms with Gasteiger partial charge in [-0.2, -0.15) is 0 Å². The van der Waals surface area contributed by atoms with E-state index in [-0.39, 0.29) is 11.8 Å². The Balaban J connectivity index is 1.76. The van der Waals surface area contributed by atoms with E-state index in [2.05, 4.69) is 6.07 Å². The molecule has 6 nitrogen and oxygen atoms in total. The second-order valence-electron chi connectivity index (χ2n) is 6.81. The second-order valence-corrected chi connectivity index (χ2v) is 6.81. The van der Waals surface area contributed by atoms with Crippen LogP contribution in [0.15, 0.2) is 36.5 Å². The maximum Gasteiger partial charge on any atom is 0.270 e. The van der Waals surface area contributed by atoms with Crippen LogP contribution in [0.25, 0.3) is 0 Å². The van der Waals surface area contributed by atoms with Gasteiger partial charge in [0, 0.05) is 45.9 Å². The Morgan fingerprint density at radius 2 is 2.04 bits per heavy atom. The predicted molar refractivity (Wildman–Crippen MR) is 99.1 cm³/mol. The molecule has 0 bridgehead atoms. The molecule has 0 saturated carbocycles. The Morgan fingerprint density at radius 3 is 2.73 bits per heavy atom. The fraction of sp³-hybridized carbons (Fsp3) is 0.400. The van der Waals surface area contributed by atoms with Crippen LogP contribution in [-0.4, -0.2) is 53.4 Å². The van der Waals surface area contributed by atoms with Crippen LogP contribution in [0.5, 0.6) is 5.75 Å². The zero-order valence-electron chi connectivity index (χ0n) is 15.6. The lowest BCUT2D eigenvalue weighted by molar-refractivity contribution is -0.128. The van der Waals surface area contributed by atoms with E-state index in [1.807, 2.05) is 47.0 Å². The van der Waals surface area contributed by atoms with E-state index >= 15 is 0 Å². The first-order valence-electron chi connectivity index (χ1n) is 8.81. The number of aryl methyl sites for hydroxylation is 2. The molecule has 2 aromatic rings. The van der Waals surface area contributed by atoms with Crippen molar-refractivity contribution in [1.82, 2.24) is 14.4 Å². The minimum absolute atomic E-state index is 0.00198. The summed E-state index contributed by atoms with van der Waals surface area (Å²) in [5.74, 6) is 0.925. The number of hydrogen-bond donors (Lipinski definition) is 0. The van der Waals surface area contributed by atoms with Crippen LogP contribution in [0.2, 0.25) is 0 Å². The molecule has 0 atom stereocenters. The first kappa shape index (κ1) is 18.0. The highest BCUT2D eigenvalue weighted by Crippen LogP contribution is 2.26. The standard InChI is InChI=1S/C20H25N3O3/c1-21(2)19(24)9-7-15-6-8-18-16(13-15)14-23(11-12-26-18)20(25)17-5-4-10-22(17)3/h4-6,8,10,13H,7,9,11-12,14H2,1-3H3. The molecule has 0 fully saturated rings. The van der Waals surface area contributed by atoms with Crippen molar-refractivity contribution in [2.24, 2.45) is 7.05 Å². The molecule has 0 saturated heterocycles. The summed E-state index contributed by atoms with van der Waals surface area (Å²) in [6.45, 7) is 1.53. The molecule has 0 radical (unpaired) electrons. The maximum atomic E-state index is 12.8. The summed E-state index contributed by atoms with van der Waals surface area (Å²) in [6.07, 6.45) is 3.02. The normalized spacial score (nSPS) is 13.6. The summed E-state index contributed by atoms with van der Waals surface area (Å²) >= 11 is 0. The molecule has 0 spiro atoms. The molecule has 6 heteroatoms. The first-order chi connectivity index (χ1) is 12.5. The van der Waals surface area contributed by atoms with Gasteiger partial charge in [-0.1, -0.05) is 12.1 Å². The molecule has 1 aromatic heterocycles. The number of carbonyl (C=O) groups excluding carboxylic acids is 2. The van der Waals surface area contributed by atoms with Gasteiger partial charge in [-0.3, -0.25) is 9.59 Å². The Labute approximate surface area is 154 Å². The van der Waals surface area contributed by atoms with Crippen LogP contribution in [-0.2, 0) is 24.8 Å². The van der Waals surface area contributed by atoms with Gasteiger partial charge in [-0.05, 0) is 30.2 Å². The second kappa shape index (κ2) is 7.64. The molecule has 1 aliphatic heterocycles. The van der Waals surface area contributed by atoms with Crippen LogP contribution < -0.4 is 4.74 Å². The molecule has 0 aliphatic carbocycles. The zero-order valence-corrected chi connectivity index (χ0v) is 15.6. The number of hydrogen-bond acceptors (Lipinski definition) is 3. The molecule has 26 heavy (non-hydrogen) atoms. The number of ether oxygens (including phenoxy) is 1. The van der Waals surface area contributed by atoms with E-state index in [0.29, 0.717) is 38.2 Å². The van der Waals surface area contributed by atoms with Gasteiger partial charge in [-0.15, -0.1) is 0 Å². The molecule has 2 amide bonds. The lowest BCUT2D eigenvalue weighted by Gasteiger charge is -2.20. The van der Waals surface area contributed by atoms with Gasteiger partial charge in [0.15, 0.2) is 0 Å². The lowest BCUT2D eigenvalue weighted by Crippen LogP contribution is -2.33. The van der Waals surface area contributed by atoms with Crippen LogP contribution in [0, 0.1) is 0 Å². The minimum atomic E-state index is 0.00198. The highest BCUT2D eigenvalue weighted by atomic mass is 16.5. The van der Waals surface area contributed by atoms with Crippen molar-refractivity contribution >= 4 is 11.8 Å². The average Bonchev–Trinajstić information content (AvgIpc) is 2.93. The van der Waals surface area contributed by atoms with Crippen LogP contribution in [0.3, 0.4) is 0 Å². The minimum Gasteiger partial charge on any atom is -0.491 e. The molecule has 1 aliphatic rings. The number of nitrogens with zero attached hydrogens (tertiary/aromatic N) is 3. The number of fused-ring (bicyclic) bond motifs is 1. The van der Waals surface area contributed by atoms with Crippen molar-refractivity contribution in [3.8, 4) is 5.75 Å². The average molecular weight is 355 g/mol. The smallest absolute Gasteiger partial charge is 0.270 e. The van der Waals surface area contributed by atoms with Crippen LogP contribution in [0.4, 0.5) is 0 Å². The molecule has 2 heterocycles. The molecule has 3 rings (SSSR count). The SMILES string of the molecule is CN(C)C(=O)CCc1ccc2c(c1)CN(C(=O)c1cccn1C)CCO2. The first-order valence-corrected chi connectivity index (χ1v) is 8.81. The molecule has 0 unspecified atom stereocenters. The summed E-state index contributed by atoms with van der Waals surface area (Å²) in [6, 6.07) is 9.69. The Kier molecular flexibility index (Phi) is 5.30. The van der Waals surface area contributed by atoms with Gasteiger partial charge in [-0.25, -0.2) is 0 Å². The topological polar surface area (TPSA) is 54.8 Å². The van der Waals surface area contributed by atoms with Crippen molar-refractivity contribution in [2.45, 2.75) is 19.4 Å². The summed E-state index contributed by atoms with van der Waals surface area (Å²) in [5.41, 5.74) is 2.73. The Bertz CT molecular complexity index is 810.